The van der Waals surface area contributed by atoms with Crippen molar-refractivity contribution < 1.29 is 19.8 Å². The van der Waals surface area contributed by atoms with Crippen LogP contribution < -0.4 is 0 Å². The molecule has 0 unspecified atom stereocenters. The maximum absolute atomic E-state index is 11.3. The van der Waals surface area contributed by atoms with Crippen LogP contribution >= 0.6 is 0 Å². The topological polar surface area (TPSA) is 74.6 Å². The van der Waals surface area contributed by atoms with Crippen molar-refractivity contribution in [3.8, 4) is 0 Å². The van der Waals surface area contributed by atoms with Crippen LogP contribution in [-0.2, 0) is 9.59 Å². The fourth-order valence-corrected chi connectivity index (χ4v) is 1.25. The van der Waals surface area contributed by atoms with Crippen LogP contribution in [0.1, 0.15) is 26.2 Å². The summed E-state index contributed by atoms with van der Waals surface area (Å²) in [5, 5.41) is 18.4. The van der Waals surface area contributed by atoms with Crippen molar-refractivity contribution in [2.24, 2.45) is 0 Å². The lowest BCUT2D eigenvalue weighted by Crippen LogP contribution is -2.19. The second kappa shape index (κ2) is 4.09. The van der Waals surface area contributed by atoms with Crippen LogP contribution in [0.2, 0.25) is 0 Å². The van der Waals surface area contributed by atoms with Gasteiger partial charge in [0, 0.05) is 11.6 Å². The molecule has 2 N–H and O–H groups in total. The van der Waals surface area contributed by atoms with Crippen molar-refractivity contribution in [2.75, 3.05) is 0 Å². The Morgan fingerprint density at radius 1 is 1.29 bits per heavy atom. The molecule has 0 bridgehead atoms. The number of Topliss-reactive ketones (excluding diaryl/α,β-unsaturated/α-hetero) is 1. The minimum Gasteiger partial charge on any atom is -0.504 e. The van der Waals surface area contributed by atoms with E-state index in [1.54, 1.807) is 0 Å². The summed E-state index contributed by atoms with van der Waals surface area (Å²) in [6, 6.07) is 0. The van der Waals surface area contributed by atoms with Crippen molar-refractivity contribution in [3.05, 3.63) is 23.2 Å². The van der Waals surface area contributed by atoms with Crippen LogP contribution in [0, 0.1) is 0 Å². The number of aliphatic hydroxyl groups excluding tert-OH is 2. The molecule has 76 valence electrons. The van der Waals surface area contributed by atoms with E-state index in [-0.39, 0.29) is 5.57 Å². The predicted molar refractivity (Wildman–Crippen MR) is 49.9 cm³/mol. The number of hydrogen-bond acceptors (Lipinski definition) is 4. The first-order chi connectivity index (χ1) is 6.57. The zero-order valence-corrected chi connectivity index (χ0v) is 7.91. The average Bonchev–Trinajstić information content (AvgIpc) is 2.15. The number of unbranched alkanes of at least 4 members (excludes halogenated alkanes) is 1. The SMILES string of the molecule is CCCCC1=C(O)C(=O)C=C(O)C1=O. The van der Waals surface area contributed by atoms with Gasteiger partial charge in [0.2, 0.25) is 11.6 Å². The van der Waals surface area contributed by atoms with E-state index in [2.05, 4.69) is 0 Å². The highest BCUT2D eigenvalue weighted by Crippen LogP contribution is 2.20. The van der Waals surface area contributed by atoms with Gasteiger partial charge in [-0.3, -0.25) is 9.59 Å². The third-order valence-electron chi connectivity index (χ3n) is 2.07. The molecule has 0 fully saturated rings. The number of ketones is 2. The molecule has 0 heterocycles. The summed E-state index contributed by atoms with van der Waals surface area (Å²) in [5.74, 6) is -2.45. The van der Waals surface area contributed by atoms with Crippen LogP contribution in [0.3, 0.4) is 0 Å². The fraction of sp³-hybridized carbons (Fsp3) is 0.400. The van der Waals surface area contributed by atoms with Crippen LogP contribution in [0.25, 0.3) is 0 Å². The van der Waals surface area contributed by atoms with Crippen LogP contribution in [0.4, 0.5) is 0 Å². The van der Waals surface area contributed by atoms with Gasteiger partial charge in [-0.15, -0.1) is 0 Å². The van der Waals surface area contributed by atoms with Gasteiger partial charge >= 0.3 is 0 Å². The number of aliphatic hydroxyl groups is 2. The monoisotopic (exact) mass is 196 g/mol. The summed E-state index contributed by atoms with van der Waals surface area (Å²) < 4.78 is 0. The van der Waals surface area contributed by atoms with E-state index in [9.17, 15) is 14.7 Å². The van der Waals surface area contributed by atoms with Crippen LogP contribution in [0.15, 0.2) is 23.2 Å². The van der Waals surface area contributed by atoms with Crippen molar-refractivity contribution in [2.45, 2.75) is 26.2 Å². The lowest BCUT2D eigenvalue weighted by Gasteiger charge is -2.11. The van der Waals surface area contributed by atoms with Gasteiger partial charge < -0.3 is 10.2 Å². The van der Waals surface area contributed by atoms with E-state index in [0.717, 1.165) is 12.5 Å². The highest BCUT2D eigenvalue weighted by Gasteiger charge is 2.27. The molecule has 0 aromatic rings. The molecule has 0 atom stereocenters. The number of carbonyl (C=O) groups excluding carboxylic acids is 2. The zero-order valence-electron chi connectivity index (χ0n) is 7.91. The summed E-state index contributed by atoms with van der Waals surface area (Å²) in [6.45, 7) is 1.93. The van der Waals surface area contributed by atoms with Gasteiger partial charge in [-0.2, -0.15) is 0 Å². The lowest BCUT2D eigenvalue weighted by molar-refractivity contribution is -0.119. The summed E-state index contributed by atoms with van der Waals surface area (Å²) in [7, 11) is 0. The highest BCUT2D eigenvalue weighted by molar-refractivity contribution is 6.20. The smallest absolute Gasteiger partial charge is 0.227 e. The summed E-state index contributed by atoms with van der Waals surface area (Å²) in [6.07, 6.45) is 2.62. The van der Waals surface area contributed by atoms with Gasteiger partial charge in [0.05, 0.1) is 0 Å². The molecule has 1 rings (SSSR count). The normalized spacial score (nSPS) is 17.4. The van der Waals surface area contributed by atoms with Gasteiger partial charge in [-0.05, 0) is 12.8 Å². The summed E-state index contributed by atoms with van der Waals surface area (Å²) in [5.41, 5.74) is 0.0249. The summed E-state index contributed by atoms with van der Waals surface area (Å²) >= 11 is 0. The molecule has 1 aliphatic rings. The minimum atomic E-state index is -0.701. The third kappa shape index (κ3) is 1.84. The van der Waals surface area contributed by atoms with E-state index < -0.39 is 23.1 Å². The molecular weight excluding hydrogens is 184 g/mol. The maximum atomic E-state index is 11.3. The molecule has 0 saturated carbocycles. The van der Waals surface area contributed by atoms with Crippen molar-refractivity contribution in [1.82, 2.24) is 0 Å². The fourth-order valence-electron chi connectivity index (χ4n) is 1.25. The zero-order chi connectivity index (χ0) is 10.7. The Balaban J connectivity index is 2.93. The van der Waals surface area contributed by atoms with Crippen LogP contribution in [-0.4, -0.2) is 21.8 Å². The first-order valence-corrected chi connectivity index (χ1v) is 4.49. The van der Waals surface area contributed by atoms with Gasteiger partial charge in [-0.1, -0.05) is 13.3 Å². The van der Waals surface area contributed by atoms with Crippen molar-refractivity contribution >= 4 is 11.6 Å². The minimum absolute atomic E-state index is 0.0249. The molecule has 0 saturated heterocycles. The molecule has 0 aliphatic heterocycles. The van der Waals surface area contributed by atoms with Crippen molar-refractivity contribution in [1.29, 1.82) is 0 Å². The molecule has 4 nitrogen and oxygen atoms in total. The second-order valence-electron chi connectivity index (χ2n) is 3.15. The van der Waals surface area contributed by atoms with E-state index in [0.29, 0.717) is 12.8 Å². The van der Waals surface area contributed by atoms with E-state index >= 15 is 0 Å². The molecule has 0 spiro atoms. The molecule has 14 heavy (non-hydrogen) atoms. The number of carbonyl (C=O) groups is 2. The second-order valence-corrected chi connectivity index (χ2v) is 3.15. The summed E-state index contributed by atoms with van der Waals surface area (Å²) in [4.78, 5) is 22.3. The van der Waals surface area contributed by atoms with Gasteiger partial charge in [0.15, 0.2) is 11.5 Å². The average molecular weight is 196 g/mol. The maximum Gasteiger partial charge on any atom is 0.227 e. The quantitative estimate of drug-likeness (QED) is 0.672. The van der Waals surface area contributed by atoms with E-state index in [1.807, 2.05) is 6.92 Å². The Hall–Kier alpha value is -1.58. The largest absolute Gasteiger partial charge is 0.504 e. The first kappa shape index (κ1) is 10.5. The van der Waals surface area contributed by atoms with Crippen LogP contribution in [0.5, 0.6) is 0 Å². The van der Waals surface area contributed by atoms with Crippen molar-refractivity contribution in [3.63, 3.8) is 0 Å². The molecule has 0 amide bonds. The number of allylic oxidation sites excluding steroid dienone is 2. The predicted octanol–water partition coefficient (Wildman–Crippen LogP) is 1.58. The van der Waals surface area contributed by atoms with E-state index in [1.165, 1.54) is 0 Å². The first-order valence-electron chi connectivity index (χ1n) is 4.49. The third-order valence-corrected chi connectivity index (χ3v) is 2.07. The highest BCUT2D eigenvalue weighted by atomic mass is 16.3. The lowest BCUT2D eigenvalue weighted by atomic mass is 9.95. The Kier molecular flexibility index (Phi) is 3.06. The Labute approximate surface area is 81.6 Å². The Morgan fingerprint density at radius 2 is 1.93 bits per heavy atom. The molecule has 0 radical (unpaired) electrons. The van der Waals surface area contributed by atoms with Gasteiger partial charge in [0.1, 0.15) is 0 Å². The molecule has 1 aliphatic carbocycles. The molecule has 4 heteroatoms. The Bertz CT molecular complexity index is 336. The number of hydrogen-bond donors (Lipinski definition) is 2. The van der Waals surface area contributed by atoms with E-state index in [4.69, 9.17) is 5.11 Å². The number of rotatable bonds is 3. The van der Waals surface area contributed by atoms with Gasteiger partial charge in [-0.25, -0.2) is 0 Å². The van der Waals surface area contributed by atoms with Gasteiger partial charge in [0.25, 0.3) is 0 Å². The molecular formula is C10H12O4. The molecule has 0 aromatic carbocycles. The Morgan fingerprint density at radius 3 is 2.50 bits per heavy atom. The standard InChI is InChI=1S/C10H12O4/c1-2-3-4-6-9(13)7(11)5-8(12)10(6)14/h5,11,14H,2-4H2,1H3. The molecule has 0 aromatic heterocycles.